The van der Waals surface area contributed by atoms with Gasteiger partial charge in [-0.15, -0.1) is 0 Å². The zero-order valence-corrected chi connectivity index (χ0v) is 11.9. The van der Waals surface area contributed by atoms with Gasteiger partial charge in [0.1, 0.15) is 5.69 Å². The third-order valence-corrected chi connectivity index (χ3v) is 3.47. The van der Waals surface area contributed by atoms with Crippen molar-refractivity contribution < 1.29 is 4.74 Å². The molecule has 8 nitrogen and oxygen atoms in total. The Morgan fingerprint density at radius 1 is 1.33 bits per heavy atom. The van der Waals surface area contributed by atoms with E-state index in [1.165, 1.54) is 0 Å². The Kier molecular flexibility index (Phi) is 3.55. The molecule has 3 N–H and O–H groups in total. The average Bonchev–Trinajstić information content (AvgIpc) is 3.13. The molecule has 1 unspecified atom stereocenters. The quantitative estimate of drug-likeness (QED) is 0.524. The topological polar surface area (TPSA) is 95.3 Å². The van der Waals surface area contributed by atoms with E-state index in [1.54, 1.807) is 42.6 Å². The van der Waals surface area contributed by atoms with Gasteiger partial charge in [0, 0.05) is 24.5 Å². The molecule has 0 aliphatic carbocycles. The van der Waals surface area contributed by atoms with Gasteiger partial charge in [0.2, 0.25) is 0 Å². The lowest BCUT2D eigenvalue weighted by Gasteiger charge is -2.17. The van der Waals surface area contributed by atoms with Crippen LogP contribution in [0.5, 0.6) is 5.75 Å². The number of aromatic nitrogens is 5. The predicted octanol–water partition coefficient (Wildman–Crippen LogP) is 0.507. The van der Waals surface area contributed by atoms with Crippen LogP contribution in [-0.2, 0) is 6.54 Å². The van der Waals surface area contributed by atoms with Crippen molar-refractivity contribution in [3.05, 3.63) is 42.2 Å². The molecule has 0 aliphatic rings. The second kappa shape index (κ2) is 5.51. The molecule has 8 heteroatoms. The molecule has 0 saturated carbocycles. The van der Waals surface area contributed by atoms with Crippen LogP contribution in [-0.4, -0.2) is 31.5 Å². The monoisotopic (exact) mass is 287 g/mol. The second-order valence-corrected chi connectivity index (χ2v) is 4.52. The summed E-state index contributed by atoms with van der Waals surface area (Å²) < 4.78 is 9.01. The Morgan fingerprint density at radius 3 is 2.90 bits per heavy atom. The summed E-state index contributed by atoms with van der Waals surface area (Å²) >= 11 is 0. The molecular weight excluding hydrogens is 270 g/mol. The molecule has 0 spiro atoms. The maximum Gasteiger partial charge on any atom is 0.161 e. The van der Waals surface area contributed by atoms with Crippen molar-refractivity contribution in [3.8, 4) is 5.75 Å². The van der Waals surface area contributed by atoms with Crippen LogP contribution >= 0.6 is 0 Å². The van der Waals surface area contributed by atoms with Gasteiger partial charge in [-0.1, -0.05) is 0 Å². The second-order valence-electron chi connectivity index (χ2n) is 4.52. The molecule has 0 saturated heterocycles. The van der Waals surface area contributed by atoms with Gasteiger partial charge in [-0.25, -0.2) is 9.94 Å². The first-order chi connectivity index (χ1) is 10.3. The first-order valence-corrected chi connectivity index (χ1v) is 6.63. The SMILES string of the molecule is CCn1ncc(OC)c1C(NN)c1cnn2ccncc12. The van der Waals surface area contributed by atoms with Crippen LogP contribution in [0.1, 0.15) is 24.2 Å². The minimum absolute atomic E-state index is 0.288. The van der Waals surface area contributed by atoms with E-state index in [0.717, 1.165) is 16.8 Å². The molecule has 21 heavy (non-hydrogen) atoms. The standard InChI is InChI=1S/C13H17N7O/c1-3-19-13(11(21-2)8-17-19)12(18-14)9-6-16-20-5-4-15-7-10(9)20/h4-8,12,18H,3,14H2,1-2H3. The number of hydrogen-bond acceptors (Lipinski definition) is 6. The predicted molar refractivity (Wildman–Crippen MR) is 76.6 cm³/mol. The van der Waals surface area contributed by atoms with Gasteiger partial charge in [0.25, 0.3) is 0 Å². The summed E-state index contributed by atoms with van der Waals surface area (Å²) in [6.07, 6.45) is 8.69. The molecule has 0 amide bonds. The fourth-order valence-corrected chi connectivity index (χ4v) is 2.47. The normalized spacial score (nSPS) is 12.7. The molecule has 110 valence electrons. The van der Waals surface area contributed by atoms with Gasteiger partial charge < -0.3 is 4.74 Å². The fraction of sp³-hybridized carbons (Fsp3) is 0.308. The van der Waals surface area contributed by atoms with Crippen molar-refractivity contribution in [1.29, 1.82) is 0 Å². The van der Waals surface area contributed by atoms with Crippen LogP contribution in [0, 0.1) is 0 Å². The molecule has 3 aromatic rings. The maximum atomic E-state index is 5.79. The first kappa shape index (κ1) is 13.5. The number of fused-ring (bicyclic) bond motifs is 1. The summed E-state index contributed by atoms with van der Waals surface area (Å²) in [5, 5.41) is 8.64. The van der Waals surface area contributed by atoms with Crippen LogP contribution in [0.3, 0.4) is 0 Å². The van der Waals surface area contributed by atoms with E-state index in [0.29, 0.717) is 12.3 Å². The molecule has 3 heterocycles. The van der Waals surface area contributed by atoms with E-state index < -0.39 is 0 Å². The number of hydrogen-bond donors (Lipinski definition) is 2. The van der Waals surface area contributed by atoms with Crippen molar-refractivity contribution in [2.24, 2.45) is 5.84 Å². The van der Waals surface area contributed by atoms with E-state index in [2.05, 4.69) is 20.6 Å². The summed E-state index contributed by atoms with van der Waals surface area (Å²) in [5.74, 6) is 6.47. The van der Waals surface area contributed by atoms with E-state index in [-0.39, 0.29) is 6.04 Å². The largest absolute Gasteiger partial charge is 0.493 e. The van der Waals surface area contributed by atoms with Crippen molar-refractivity contribution in [3.63, 3.8) is 0 Å². The highest BCUT2D eigenvalue weighted by Gasteiger charge is 2.25. The van der Waals surface area contributed by atoms with Crippen molar-refractivity contribution in [2.45, 2.75) is 19.5 Å². The van der Waals surface area contributed by atoms with Gasteiger partial charge in [-0.3, -0.25) is 15.5 Å². The van der Waals surface area contributed by atoms with Gasteiger partial charge >= 0.3 is 0 Å². The van der Waals surface area contributed by atoms with Crippen LogP contribution in [0.15, 0.2) is 31.0 Å². The molecule has 3 rings (SSSR count). The zero-order chi connectivity index (χ0) is 14.8. The molecule has 0 aromatic carbocycles. The zero-order valence-electron chi connectivity index (χ0n) is 11.9. The van der Waals surface area contributed by atoms with E-state index in [9.17, 15) is 0 Å². The summed E-state index contributed by atoms with van der Waals surface area (Å²) in [5.41, 5.74) is 5.49. The molecular formula is C13H17N7O. The molecule has 0 bridgehead atoms. The first-order valence-electron chi connectivity index (χ1n) is 6.63. The molecule has 0 aliphatic heterocycles. The number of methoxy groups -OCH3 is 1. The summed E-state index contributed by atoms with van der Waals surface area (Å²) in [6, 6.07) is -0.288. The Bertz CT molecular complexity index is 726. The molecule has 0 fully saturated rings. The minimum Gasteiger partial charge on any atom is -0.493 e. The lowest BCUT2D eigenvalue weighted by molar-refractivity contribution is 0.399. The number of rotatable bonds is 5. The van der Waals surface area contributed by atoms with Crippen LogP contribution in [0.2, 0.25) is 0 Å². The number of aryl methyl sites for hydroxylation is 1. The van der Waals surface area contributed by atoms with Crippen LogP contribution in [0.25, 0.3) is 5.52 Å². The van der Waals surface area contributed by atoms with E-state index >= 15 is 0 Å². The Balaban J connectivity index is 2.16. The third-order valence-electron chi connectivity index (χ3n) is 3.47. The molecule has 3 aromatic heterocycles. The number of hydrazine groups is 1. The average molecular weight is 287 g/mol. The smallest absolute Gasteiger partial charge is 0.161 e. The summed E-state index contributed by atoms with van der Waals surface area (Å²) in [7, 11) is 1.62. The van der Waals surface area contributed by atoms with Gasteiger partial charge in [-0.2, -0.15) is 10.2 Å². The van der Waals surface area contributed by atoms with Gasteiger partial charge in [0.15, 0.2) is 5.75 Å². The van der Waals surface area contributed by atoms with E-state index in [1.807, 2.05) is 11.6 Å². The number of nitrogens with zero attached hydrogens (tertiary/aromatic N) is 5. The lowest BCUT2D eigenvalue weighted by Crippen LogP contribution is -2.31. The highest BCUT2D eigenvalue weighted by atomic mass is 16.5. The van der Waals surface area contributed by atoms with Crippen LogP contribution in [0.4, 0.5) is 0 Å². The number of nitrogens with one attached hydrogen (secondary N) is 1. The molecule has 0 radical (unpaired) electrons. The molecule has 1 atom stereocenters. The number of ether oxygens (including phenoxy) is 1. The van der Waals surface area contributed by atoms with Crippen molar-refractivity contribution in [2.75, 3.05) is 7.11 Å². The summed E-state index contributed by atoms with van der Waals surface area (Å²) in [4.78, 5) is 4.15. The van der Waals surface area contributed by atoms with Crippen LogP contribution < -0.4 is 16.0 Å². The fourth-order valence-electron chi connectivity index (χ4n) is 2.47. The Hall–Kier alpha value is -2.45. The lowest BCUT2D eigenvalue weighted by atomic mass is 10.1. The van der Waals surface area contributed by atoms with Gasteiger partial charge in [-0.05, 0) is 6.92 Å². The summed E-state index contributed by atoms with van der Waals surface area (Å²) in [6.45, 7) is 2.73. The third kappa shape index (κ3) is 2.14. The Labute approximate surface area is 121 Å². The van der Waals surface area contributed by atoms with E-state index in [4.69, 9.17) is 10.6 Å². The maximum absolute atomic E-state index is 5.79. The van der Waals surface area contributed by atoms with Gasteiger partial charge in [0.05, 0.1) is 37.3 Å². The number of nitrogens with two attached hydrogens (primary N) is 1. The van der Waals surface area contributed by atoms with Crippen molar-refractivity contribution >= 4 is 5.52 Å². The minimum atomic E-state index is -0.288. The van der Waals surface area contributed by atoms with Crippen molar-refractivity contribution in [1.82, 2.24) is 29.8 Å². The highest BCUT2D eigenvalue weighted by Crippen LogP contribution is 2.31. The Morgan fingerprint density at radius 2 is 2.19 bits per heavy atom. The highest BCUT2D eigenvalue weighted by molar-refractivity contribution is 5.56.